The predicted octanol–water partition coefficient (Wildman–Crippen LogP) is 3.87. The molecule has 8 nitrogen and oxygen atoms in total. The van der Waals surface area contributed by atoms with E-state index in [4.69, 9.17) is 9.84 Å². The van der Waals surface area contributed by atoms with Gasteiger partial charge < -0.3 is 14.7 Å². The fourth-order valence-corrected chi connectivity index (χ4v) is 5.63. The molecular formula is C27H28N2O6S. The van der Waals surface area contributed by atoms with Crippen LogP contribution in [0.15, 0.2) is 71.6 Å². The molecule has 36 heavy (non-hydrogen) atoms. The van der Waals surface area contributed by atoms with E-state index >= 15 is 0 Å². The maximum atomic E-state index is 13.2. The molecule has 9 heteroatoms. The summed E-state index contributed by atoms with van der Waals surface area (Å²) in [5, 5.41) is 8.93. The average Bonchev–Trinajstić information content (AvgIpc) is 2.87. The van der Waals surface area contributed by atoms with E-state index < -0.39 is 28.6 Å². The molecule has 3 aromatic carbocycles. The van der Waals surface area contributed by atoms with Gasteiger partial charge >= 0.3 is 5.97 Å². The van der Waals surface area contributed by atoms with Gasteiger partial charge in [0.25, 0.3) is 5.91 Å². The van der Waals surface area contributed by atoms with Crippen molar-refractivity contribution in [2.45, 2.75) is 30.2 Å². The second kappa shape index (κ2) is 10.5. The normalized spacial score (nSPS) is 15.1. The highest BCUT2D eigenvalue weighted by molar-refractivity contribution is 7.89. The minimum Gasteiger partial charge on any atom is -0.482 e. The number of rotatable bonds is 8. The fourth-order valence-electron chi connectivity index (χ4n) is 4.38. The number of amides is 1. The van der Waals surface area contributed by atoms with Crippen molar-refractivity contribution >= 4 is 21.9 Å². The first-order valence-electron chi connectivity index (χ1n) is 11.6. The molecule has 4 rings (SSSR count). The van der Waals surface area contributed by atoms with Crippen LogP contribution in [0.3, 0.4) is 0 Å². The maximum absolute atomic E-state index is 13.2. The number of carbonyl (C=O) groups is 2. The van der Waals surface area contributed by atoms with Crippen molar-refractivity contribution in [3.8, 4) is 16.9 Å². The fraction of sp³-hybridized carbons (Fsp3) is 0.259. The molecule has 0 heterocycles. The van der Waals surface area contributed by atoms with Gasteiger partial charge in [0.1, 0.15) is 5.75 Å². The van der Waals surface area contributed by atoms with Crippen LogP contribution in [0.4, 0.5) is 0 Å². The molecule has 3 aromatic rings. The molecule has 0 fully saturated rings. The quantitative estimate of drug-likeness (QED) is 0.478. The van der Waals surface area contributed by atoms with Crippen LogP contribution in [-0.2, 0) is 21.2 Å². The van der Waals surface area contributed by atoms with Gasteiger partial charge in [-0.1, -0.05) is 36.4 Å². The number of carbonyl (C=O) groups excluding carboxylic acids is 1. The van der Waals surface area contributed by atoms with Gasteiger partial charge in [-0.15, -0.1) is 0 Å². The van der Waals surface area contributed by atoms with E-state index in [1.807, 2.05) is 12.1 Å². The molecule has 0 saturated heterocycles. The summed E-state index contributed by atoms with van der Waals surface area (Å²) >= 11 is 0. The van der Waals surface area contributed by atoms with Crippen molar-refractivity contribution in [3.05, 3.63) is 83.4 Å². The Hall–Kier alpha value is -3.69. The Kier molecular flexibility index (Phi) is 7.42. The summed E-state index contributed by atoms with van der Waals surface area (Å²) in [6.45, 7) is -0.453. The zero-order valence-corrected chi connectivity index (χ0v) is 20.9. The first-order chi connectivity index (χ1) is 17.2. The minimum atomic E-state index is -3.82. The first kappa shape index (κ1) is 25.4. The Morgan fingerprint density at radius 2 is 1.75 bits per heavy atom. The second-order valence-corrected chi connectivity index (χ2v) is 10.6. The van der Waals surface area contributed by atoms with E-state index in [-0.39, 0.29) is 10.8 Å². The third kappa shape index (κ3) is 5.58. The Labute approximate surface area is 210 Å². The summed E-state index contributed by atoms with van der Waals surface area (Å²) in [5.41, 5.74) is 3.80. The Morgan fingerprint density at radius 3 is 2.44 bits per heavy atom. The van der Waals surface area contributed by atoms with Crippen LogP contribution in [0, 0.1) is 0 Å². The lowest BCUT2D eigenvalue weighted by Crippen LogP contribution is -2.31. The zero-order valence-electron chi connectivity index (χ0n) is 20.1. The largest absolute Gasteiger partial charge is 0.482 e. The third-order valence-corrected chi connectivity index (χ3v) is 7.61. The van der Waals surface area contributed by atoms with Gasteiger partial charge in [0.05, 0.1) is 4.90 Å². The topological polar surface area (TPSA) is 113 Å². The molecule has 1 atom stereocenters. The Balaban J connectivity index is 1.54. The molecule has 0 aliphatic heterocycles. The first-order valence-corrected chi connectivity index (χ1v) is 13.0. The van der Waals surface area contributed by atoms with E-state index in [1.54, 1.807) is 68.7 Å². The van der Waals surface area contributed by atoms with Gasteiger partial charge in [0.2, 0.25) is 10.0 Å². The number of aliphatic carboxylic acids is 1. The van der Waals surface area contributed by atoms with Crippen molar-refractivity contribution in [1.82, 2.24) is 9.62 Å². The third-order valence-electron chi connectivity index (χ3n) is 6.13. The average molecular weight is 509 g/mol. The summed E-state index contributed by atoms with van der Waals surface area (Å²) in [4.78, 5) is 24.8. The molecule has 0 bridgehead atoms. The van der Waals surface area contributed by atoms with Crippen LogP contribution < -0.4 is 9.46 Å². The number of hydrogen-bond acceptors (Lipinski definition) is 5. The molecule has 1 unspecified atom stereocenters. The molecule has 0 saturated carbocycles. The van der Waals surface area contributed by atoms with E-state index in [1.165, 1.54) is 4.90 Å². The maximum Gasteiger partial charge on any atom is 0.341 e. The number of carboxylic acids is 1. The van der Waals surface area contributed by atoms with Crippen LogP contribution in [0.25, 0.3) is 11.1 Å². The van der Waals surface area contributed by atoms with Gasteiger partial charge in [0, 0.05) is 25.7 Å². The second-order valence-electron chi connectivity index (χ2n) is 8.88. The van der Waals surface area contributed by atoms with Gasteiger partial charge in [-0.3, -0.25) is 4.79 Å². The number of sulfonamides is 1. The molecule has 1 aliphatic carbocycles. The standard InChI is InChI=1S/C27H28N2O6S/c1-29(2)27(32)20-7-3-6-19(16-20)18-12-14-21(15-13-18)36(33,34)28-24-10-4-9-23-22(24)8-5-11-25(23)35-17-26(30)31/h3,5-8,11-16,24,28H,4,9-10,17H2,1-2H3,(H,30,31). The van der Waals surface area contributed by atoms with E-state index in [2.05, 4.69) is 4.72 Å². The molecule has 1 amide bonds. The summed E-state index contributed by atoms with van der Waals surface area (Å²) in [6.07, 6.45) is 2.06. The summed E-state index contributed by atoms with van der Waals surface area (Å²) in [7, 11) is -0.437. The number of ether oxygens (including phenoxy) is 1. The van der Waals surface area contributed by atoms with Crippen molar-refractivity contribution in [2.75, 3.05) is 20.7 Å². The Morgan fingerprint density at radius 1 is 1.03 bits per heavy atom. The summed E-state index contributed by atoms with van der Waals surface area (Å²) in [6, 6.07) is 18.6. The van der Waals surface area contributed by atoms with Crippen molar-refractivity contribution in [2.24, 2.45) is 0 Å². The summed E-state index contributed by atoms with van der Waals surface area (Å²) in [5.74, 6) is -0.706. The summed E-state index contributed by atoms with van der Waals surface area (Å²) < 4.78 is 34.6. The highest BCUT2D eigenvalue weighted by atomic mass is 32.2. The number of hydrogen-bond donors (Lipinski definition) is 2. The number of benzene rings is 3. The molecular weight excluding hydrogens is 480 g/mol. The van der Waals surface area contributed by atoms with E-state index in [0.717, 1.165) is 28.7 Å². The van der Waals surface area contributed by atoms with E-state index in [0.29, 0.717) is 24.2 Å². The lowest BCUT2D eigenvalue weighted by molar-refractivity contribution is -0.139. The highest BCUT2D eigenvalue weighted by Crippen LogP contribution is 2.36. The van der Waals surface area contributed by atoms with Gasteiger partial charge in [-0.2, -0.15) is 0 Å². The molecule has 2 N–H and O–H groups in total. The molecule has 1 aliphatic rings. The minimum absolute atomic E-state index is 0.107. The predicted molar refractivity (Wildman–Crippen MR) is 135 cm³/mol. The van der Waals surface area contributed by atoms with E-state index in [9.17, 15) is 18.0 Å². The van der Waals surface area contributed by atoms with Crippen molar-refractivity contribution in [1.29, 1.82) is 0 Å². The van der Waals surface area contributed by atoms with Crippen LogP contribution in [0.5, 0.6) is 5.75 Å². The number of carboxylic acid groups (broad SMARTS) is 1. The Bertz CT molecular complexity index is 1380. The van der Waals surface area contributed by atoms with Crippen LogP contribution >= 0.6 is 0 Å². The lowest BCUT2D eigenvalue weighted by Gasteiger charge is -2.27. The smallest absolute Gasteiger partial charge is 0.341 e. The van der Waals surface area contributed by atoms with Crippen LogP contribution in [0.2, 0.25) is 0 Å². The zero-order chi connectivity index (χ0) is 25.9. The highest BCUT2D eigenvalue weighted by Gasteiger charge is 2.27. The van der Waals surface area contributed by atoms with Gasteiger partial charge in [-0.05, 0) is 71.8 Å². The van der Waals surface area contributed by atoms with Crippen LogP contribution in [-0.4, -0.2) is 51.0 Å². The number of nitrogens with one attached hydrogen (secondary N) is 1. The van der Waals surface area contributed by atoms with Crippen LogP contribution in [0.1, 0.15) is 40.4 Å². The lowest BCUT2D eigenvalue weighted by atomic mass is 9.87. The number of nitrogens with zero attached hydrogens (tertiary/aromatic N) is 1. The number of fused-ring (bicyclic) bond motifs is 1. The molecule has 0 aromatic heterocycles. The molecule has 188 valence electrons. The molecule has 0 spiro atoms. The van der Waals surface area contributed by atoms with Gasteiger partial charge in [-0.25, -0.2) is 17.9 Å². The monoisotopic (exact) mass is 508 g/mol. The van der Waals surface area contributed by atoms with Crippen molar-refractivity contribution < 1.29 is 27.9 Å². The molecule has 0 radical (unpaired) electrons. The van der Waals surface area contributed by atoms with Gasteiger partial charge in [0.15, 0.2) is 6.61 Å². The van der Waals surface area contributed by atoms with Crippen molar-refractivity contribution in [3.63, 3.8) is 0 Å². The SMILES string of the molecule is CN(C)C(=O)c1cccc(-c2ccc(S(=O)(=O)NC3CCCc4c(OCC(=O)O)cccc43)cc2)c1.